The molecule has 0 atom stereocenters. The Morgan fingerprint density at radius 3 is 2.48 bits per heavy atom. The smallest absolute Gasteiger partial charge is 0.318 e. The van der Waals surface area contributed by atoms with Crippen LogP contribution in [0.25, 0.3) is 6.08 Å². The Hall–Kier alpha value is -3.51. The van der Waals surface area contributed by atoms with Gasteiger partial charge in [0.05, 0.1) is 27.9 Å². The molecule has 0 unspecified atom stereocenters. The molecule has 0 radical (unpaired) electrons. The lowest BCUT2D eigenvalue weighted by Gasteiger charge is -2.13. The van der Waals surface area contributed by atoms with Gasteiger partial charge < -0.3 is 9.47 Å². The summed E-state index contributed by atoms with van der Waals surface area (Å²) in [5.41, 5.74) is -0.602. The largest absolute Gasteiger partial charge is 0.493 e. The minimum atomic E-state index is -0.774. The number of thioether (sulfide) groups is 1. The molecule has 12 heteroatoms. The number of hydrogen-bond acceptors (Lipinski definition) is 9. The van der Waals surface area contributed by atoms with E-state index in [-0.39, 0.29) is 23.2 Å². The second-order valence-corrected chi connectivity index (χ2v) is 7.75. The van der Waals surface area contributed by atoms with E-state index in [0.717, 1.165) is 30.0 Å². The van der Waals surface area contributed by atoms with Crippen LogP contribution in [0.4, 0.5) is 11.4 Å². The SMILES string of the molecule is CCN1C(=O)/C(=C/c2cccc(OC)c2Oc2ccc([N+](=O)[O-])cc2[N+](=O)[O-])SC1=S. The number of likely N-dealkylation sites (N-methyl/N-ethyl adjacent to an activating group) is 1. The molecule has 1 aliphatic heterocycles. The van der Waals surface area contributed by atoms with E-state index in [1.807, 2.05) is 6.92 Å². The normalized spacial score (nSPS) is 14.8. The van der Waals surface area contributed by atoms with Gasteiger partial charge in [0.25, 0.3) is 11.6 Å². The Bertz CT molecular complexity index is 1130. The van der Waals surface area contributed by atoms with Crippen molar-refractivity contribution in [2.75, 3.05) is 13.7 Å². The number of thiocarbonyl (C=S) groups is 1. The maximum absolute atomic E-state index is 12.5. The summed E-state index contributed by atoms with van der Waals surface area (Å²) in [5.74, 6) is -0.0977. The summed E-state index contributed by atoms with van der Waals surface area (Å²) in [4.78, 5) is 35.3. The molecule has 1 fully saturated rings. The summed E-state index contributed by atoms with van der Waals surface area (Å²) < 4.78 is 11.5. The molecule has 31 heavy (non-hydrogen) atoms. The first-order chi connectivity index (χ1) is 14.8. The molecule has 0 aromatic heterocycles. The number of ether oxygens (including phenoxy) is 2. The molecule has 160 valence electrons. The van der Waals surface area contributed by atoms with Gasteiger partial charge in [0, 0.05) is 18.2 Å². The van der Waals surface area contributed by atoms with Crippen LogP contribution in [0.3, 0.4) is 0 Å². The Morgan fingerprint density at radius 1 is 1.16 bits per heavy atom. The number of methoxy groups -OCH3 is 1. The van der Waals surface area contributed by atoms with Gasteiger partial charge in [-0.25, -0.2) is 0 Å². The molecule has 2 aromatic rings. The summed E-state index contributed by atoms with van der Waals surface area (Å²) in [6, 6.07) is 7.96. The highest BCUT2D eigenvalue weighted by Crippen LogP contribution is 2.42. The number of nitrogens with zero attached hydrogens (tertiary/aromatic N) is 3. The minimum Gasteiger partial charge on any atom is -0.493 e. The Labute approximate surface area is 185 Å². The fourth-order valence-electron chi connectivity index (χ4n) is 2.79. The molecule has 1 saturated heterocycles. The number of hydrogen-bond donors (Lipinski definition) is 0. The zero-order chi connectivity index (χ0) is 22.7. The Morgan fingerprint density at radius 2 is 1.90 bits per heavy atom. The van der Waals surface area contributed by atoms with Gasteiger partial charge in [0.2, 0.25) is 5.75 Å². The maximum Gasteiger partial charge on any atom is 0.318 e. The van der Waals surface area contributed by atoms with E-state index in [4.69, 9.17) is 21.7 Å². The van der Waals surface area contributed by atoms with Crippen LogP contribution in [-0.2, 0) is 4.79 Å². The molecule has 1 aliphatic rings. The van der Waals surface area contributed by atoms with Crippen molar-refractivity contribution in [1.29, 1.82) is 0 Å². The van der Waals surface area contributed by atoms with E-state index in [1.54, 1.807) is 24.3 Å². The zero-order valence-electron chi connectivity index (χ0n) is 16.3. The van der Waals surface area contributed by atoms with Gasteiger partial charge in [-0.1, -0.05) is 36.1 Å². The molecular formula is C19H15N3O7S2. The van der Waals surface area contributed by atoms with E-state index in [9.17, 15) is 25.0 Å². The van der Waals surface area contributed by atoms with Crippen molar-refractivity contribution in [3.8, 4) is 17.2 Å². The molecule has 0 spiro atoms. The highest BCUT2D eigenvalue weighted by Gasteiger charge is 2.31. The van der Waals surface area contributed by atoms with Crippen molar-refractivity contribution in [3.05, 3.63) is 67.1 Å². The highest BCUT2D eigenvalue weighted by atomic mass is 32.2. The minimum absolute atomic E-state index is 0.115. The Kier molecular flexibility index (Phi) is 6.51. The molecular weight excluding hydrogens is 446 g/mol. The Balaban J connectivity index is 2.08. The van der Waals surface area contributed by atoms with Gasteiger partial charge in [-0.2, -0.15) is 0 Å². The molecule has 3 rings (SSSR count). The first-order valence-electron chi connectivity index (χ1n) is 8.79. The van der Waals surface area contributed by atoms with Crippen LogP contribution in [0.2, 0.25) is 0 Å². The van der Waals surface area contributed by atoms with Crippen LogP contribution in [0.1, 0.15) is 12.5 Å². The van der Waals surface area contributed by atoms with Gasteiger partial charge in [-0.05, 0) is 25.1 Å². The van der Waals surface area contributed by atoms with Gasteiger partial charge in [-0.3, -0.25) is 29.9 Å². The van der Waals surface area contributed by atoms with Gasteiger partial charge in [0.1, 0.15) is 4.32 Å². The number of non-ortho nitro benzene ring substituents is 1. The third kappa shape index (κ3) is 4.49. The quantitative estimate of drug-likeness (QED) is 0.253. The molecule has 1 heterocycles. The van der Waals surface area contributed by atoms with E-state index in [2.05, 4.69) is 0 Å². The second kappa shape index (κ2) is 9.10. The second-order valence-electron chi connectivity index (χ2n) is 6.07. The maximum atomic E-state index is 12.5. The van der Waals surface area contributed by atoms with Crippen molar-refractivity contribution >= 4 is 51.7 Å². The van der Waals surface area contributed by atoms with Crippen LogP contribution < -0.4 is 9.47 Å². The number of nitro benzene ring substituents is 2. The number of carbonyl (C=O) groups is 1. The van der Waals surface area contributed by atoms with Crippen LogP contribution in [0.15, 0.2) is 41.3 Å². The monoisotopic (exact) mass is 461 g/mol. The molecule has 0 bridgehead atoms. The topological polar surface area (TPSA) is 125 Å². The molecule has 2 aromatic carbocycles. The lowest BCUT2D eigenvalue weighted by Crippen LogP contribution is -2.27. The third-order valence-corrected chi connectivity index (χ3v) is 5.65. The fraction of sp³-hybridized carbons (Fsp3) is 0.158. The van der Waals surface area contributed by atoms with Gasteiger partial charge in [-0.15, -0.1) is 0 Å². The fourth-order valence-corrected chi connectivity index (χ4v) is 4.16. The molecule has 0 N–H and O–H groups in total. The molecule has 10 nitrogen and oxygen atoms in total. The van der Waals surface area contributed by atoms with Crippen LogP contribution in [-0.4, -0.2) is 38.6 Å². The van der Waals surface area contributed by atoms with E-state index < -0.39 is 21.2 Å². The summed E-state index contributed by atoms with van der Waals surface area (Å²) in [5, 5.41) is 22.4. The van der Waals surface area contributed by atoms with Crippen molar-refractivity contribution in [2.24, 2.45) is 0 Å². The number of amides is 1. The standard InChI is InChI=1S/C19H15N3O7S2/c1-3-20-18(23)16(31-19(20)30)9-11-5-4-6-15(28-2)17(11)29-14-8-7-12(21(24)25)10-13(14)22(26)27/h4-10H,3H2,1-2H3/b16-9-. The molecule has 1 amide bonds. The predicted octanol–water partition coefficient (Wildman–Crippen LogP) is 4.53. The average molecular weight is 461 g/mol. The van der Waals surface area contributed by atoms with E-state index in [0.29, 0.717) is 21.3 Å². The van der Waals surface area contributed by atoms with Gasteiger partial charge in [0.15, 0.2) is 11.5 Å². The van der Waals surface area contributed by atoms with Crippen LogP contribution in [0, 0.1) is 20.2 Å². The van der Waals surface area contributed by atoms with Gasteiger partial charge >= 0.3 is 5.69 Å². The number of rotatable bonds is 7. The highest BCUT2D eigenvalue weighted by molar-refractivity contribution is 8.26. The number of nitro groups is 2. The first-order valence-corrected chi connectivity index (χ1v) is 10.0. The lowest BCUT2D eigenvalue weighted by atomic mass is 10.1. The summed E-state index contributed by atoms with van der Waals surface area (Å²) in [7, 11) is 1.40. The lowest BCUT2D eigenvalue weighted by molar-refractivity contribution is -0.394. The van der Waals surface area contributed by atoms with Crippen LogP contribution >= 0.6 is 24.0 Å². The number of para-hydroxylation sites is 1. The number of benzene rings is 2. The zero-order valence-corrected chi connectivity index (χ0v) is 17.9. The summed E-state index contributed by atoms with van der Waals surface area (Å²) >= 11 is 6.35. The first kappa shape index (κ1) is 22.2. The average Bonchev–Trinajstić information content (AvgIpc) is 3.01. The van der Waals surface area contributed by atoms with Crippen molar-refractivity contribution in [2.45, 2.75) is 6.92 Å². The van der Waals surface area contributed by atoms with E-state index in [1.165, 1.54) is 12.0 Å². The summed E-state index contributed by atoms with van der Waals surface area (Å²) in [6.07, 6.45) is 1.56. The van der Waals surface area contributed by atoms with Crippen molar-refractivity contribution in [1.82, 2.24) is 4.90 Å². The predicted molar refractivity (Wildman–Crippen MR) is 118 cm³/mol. The number of carbonyl (C=O) groups excluding carboxylic acids is 1. The van der Waals surface area contributed by atoms with Crippen molar-refractivity contribution in [3.63, 3.8) is 0 Å². The van der Waals surface area contributed by atoms with Crippen LogP contribution in [0.5, 0.6) is 17.2 Å². The third-order valence-electron chi connectivity index (χ3n) is 4.27. The summed E-state index contributed by atoms with van der Waals surface area (Å²) in [6.45, 7) is 2.24. The van der Waals surface area contributed by atoms with E-state index >= 15 is 0 Å². The molecule has 0 saturated carbocycles. The molecule has 0 aliphatic carbocycles. The van der Waals surface area contributed by atoms with Crippen molar-refractivity contribution < 1.29 is 24.1 Å².